The molecule has 0 saturated carbocycles. The predicted octanol–water partition coefficient (Wildman–Crippen LogP) is 3.91. The van der Waals surface area contributed by atoms with E-state index < -0.39 is 0 Å². The van der Waals surface area contributed by atoms with Gasteiger partial charge in [-0.25, -0.2) is 4.98 Å². The van der Waals surface area contributed by atoms with E-state index in [0.717, 1.165) is 28.6 Å². The molecule has 1 aromatic carbocycles. The molecule has 22 heavy (non-hydrogen) atoms. The van der Waals surface area contributed by atoms with Gasteiger partial charge < -0.3 is 9.47 Å². The van der Waals surface area contributed by atoms with Crippen LogP contribution in [0.15, 0.2) is 23.6 Å². The van der Waals surface area contributed by atoms with Gasteiger partial charge in [0.2, 0.25) is 6.79 Å². The Morgan fingerprint density at radius 3 is 3.09 bits per heavy atom. The Bertz CT molecular complexity index is 670. The van der Waals surface area contributed by atoms with Crippen molar-refractivity contribution in [2.24, 2.45) is 0 Å². The number of likely N-dealkylation sites (tertiary alicyclic amines) is 1. The van der Waals surface area contributed by atoms with Crippen LogP contribution in [0.4, 0.5) is 0 Å². The minimum absolute atomic E-state index is 0.314. The molecule has 1 saturated heterocycles. The number of ether oxygens (including phenoxy) is 2. The summed E-state index contributed by atoms with van der Waals surface area (Å²) in [4.78, 5) is 7.36. The van der Waals surface area contributed by atoms with Crippen molar-refractivity contribution in [3.63, 3.8) is 0 Å². The van der Waals surface area contributed by atoms with Gasteiger partial charge in [0, 0.05) is 23.5 Å². The standard InChI is InChI=1S/C17H20N2O2S/c1-12-4-2-3-7-19(12)9-14-10-22-17(18-14)13-5-6-15-16(8-13)21-11-20-15/h5-6,8,10,12H,2-4,7,9,11H2,1H3. The third kappa shape index (κ3) is 2.71. The molecule has 0 amide bonds. The Labute approximate surface area is 134 Å². The molecule has 1 atom stereocenters. The zero-order chi connectivity index (χ0) is 14.9. The van der Waals surface area contributed by atoms with Crippen LogP contribution < -0.4 is 9.47 Å². The van der Waals surface area contributed by atoms with Gasteiger partial charge in [-0.15, -0.1) is 11.3 Å². The lowest BCUT2D eigenvalue weighted by molar-refractivity contribution is 0.151. The molecule has 2 aliphatic rings. The molecule has 0 aliphatic carbocycles. The number of thiazole rings is 1. The molecule has 3 heterocycles. The quantitative estimate of drug-likeness (QED) is 0.860. The summed E-state index contributed by atoms with van der Waals surface area (Å²) in [5, 5.41) is 3.24. The Morgan fingerprint density at radius 2 is 2.18 bits per heavy atom. The molecule has 1 fully saturated rings. The van der Waals surface area contributed by atoms with E-state index in [0.29, 0.717) is 12.8 Å². The highest BCUT2D eigenvalue weighted by Crippen LogP contribution is 2.36. The predicted molar refractivity (Wildman–Crippen MR) is 87.4 cm³/mol. The molecular weight excluding hydrogens is 296 g/mol. The van der Waals surface area contributed by atoms with E-state index in [2.05, 4.69) is 23.3 Å². The van der Waals surface area contributed by atoms with Crippen molar-refractivity contribution in [1.82, 2.24) is 9.88 Å². The second-order valence-corrected chi connectivity index (χ2v) is 6.89. The van der Waals surface area contributed by atoms with E-state index in [-0.39, 0.29) is 0 Å². The third-order valence-corrected chi connectivity index (χ3v) is 5.42. The second kappa shape index (κ2) is 5.89. The van der Waals surface area contributed by atoms with Crippen LogP contribution in [0.5, 0.6) is 11.5 Å². The first-order valence-corrected chi connectivity index (χ1v) is 8.76. The van der Waals surface area contributed by atoms with E-state index in [1.165, 1.54) is 31.5 Å². The molecule has 0 radical (unpaired) electrons. The number of rotatable bonds is 3. The number of fused-ring (bicyclic) bond motifs is 1. The molecule has 0 bridgehead atoms. The number of aromatic nitrogens is 1. The van der Waals surface area contributed by atoms with Crippen molar-refractivity contribution in [2.45, 2.75) is 38.8 Å². The van der Waals surface area contributed by atoms with Crippen molar-refractivity contribution in [2.75, 3.05) is 13.3 Å². The number of hydrogen-bond donors (Lipinski definition) is 0. The minimum atomic E-state index is 0.314. The lowest BCUT2D eigenvalue weighted by Crippen LogP contribution is -2.36. The van der Waals surface area contributed by atoms with Crippen molar-refractivity contribution in [3.05, 3.63) is 29.3 Å². The van der Waals surface area contributed by atoms with Gasteiger partial charge in [0.05, 0.1) is 5.69 Å². The Kier molecular flexibility index (Phi) is 3.76. The number of benzene rings is 1. The molecule has 4 rings (SSSR count). The molecule has 4 nitrogen and oxygen atoms in total. The summed E-state index contributed by atoms with van der Waals surface area (Å²) < 4.78 is 10.8. The maximum absolute atomic E-state index is 5.45. The van der Waals surface area contributed by atoms with E-state index in [1.54, 1.807) is 11.3 Å². The van der Waals surface area contributed by atoms with Gasteiger partial charge >= 0.3 is 0 Å². The molecule has 116 valence electrons. The zero-order valence-corrected chi connectivity index (χ0v) is 13.6. The third-order valence-electron chi connectivity index (χ3n) is 4.48. The van der Waals surface area contributed by atoms with E-state index >= 15 is 0 Å². The summed E-state index contributed by atoms with van der Waals surface area (Å²) in [5.41, 5.74) is 2.28. The van der Waals surface area contributed by atoms with E-state index in [4.69, 9.17) is 14.5 Å². The normalized spacial score (nSPS) is 21.2. The van der Waals surface area contributed by atoms with Gasteiger partial charge in [-0.05, 0) is 44.5 Å². The van der Waals surface area contributed by atoms with Crippen LogP contribution in [0.3, 0.4) is 0 Å². The van der Waals surface area contributed by atoms with Gasteiger partial charge in [-0.3, -0.25) is 4.90 Å². The molecule has 5 heteroatoms. The number of hydrogen-bond acceptors (Lipinski definition) is 5. The number of piperidine rings is 1. The lowest BCUT2D eigenvalue weighted by Gasteiger charge is -2.32. The Morgan fingerprint density at radius 1 is 1.27 bits per heavy atom. The first-order chi connectivity index (χ1) is 10.8. The van der Waals surface area contributed by atoms with Crippen molar-refractivity contribution >= 4 is 11.3 Å². The summed E-state index contributed by atoms with van der Waals surface area (Å²) in [7, 11) is 0. The Hall–Kier alpha value is -1.59. The zero-order valence-electron chi connectivity index (χ0n) is 12.7. The van der Waals surface area contributed by atoms with E-state index in [9.17, 15) is 0 Å². The number of nitrogens with zero attached hydrogens (tertiary/aromatic N) is 2. The Balaban J connectivity index is 1.51. The van der Waals surface area contributed by atoms with Crippen LogP contribution in [0, 0.1) is 0 Å². The summed E-state index contributed by atoms with van der Waals surface area (Å²) in [5.74, 6) is 1.64. The van der Waals surface area contributed by atoms with Crippen LogP contribution in [0.1, 0.15) is 31.9 Å². The maximum Gasteiger partial charge on any atom is 0.231 e. The van der Waals surface area contributed by atoms with Gasteiger partial charge in [0.15, 0.2) is 11.5 Å². The maximum atomic E-state index is 5.45. The van der Waals surface area contributed by atoms with Crippen LogP contribution in [0.25, 0.3) is 10.6 Å². The van der Waals surface area contributed by atoms with Crippen molar-refractivity contribution in [1.29, 1.82) is 0 Å². The van der Waals surface area contributed by atoms with Crippen LogP contribution >= 0.6 is 11.3 Å². The summed E-state index contributed by atoms with van der Waals surface area (Å²) in [6.07, 6.45) is 3.97. The van der Waals surface area contributed by atoms with Crippen LogP contribution in [0.2, 0.25) is 0 Å². The molecule has 1 aromatic heterocycles. The average Bonchev–Trinajstić information content (AvgIpc) is 3.17. The fraction of sp³-hybridized carbons (Fsp3) is 0.471. The molecule has 2 aromatic rings. The molecule has 0 spiro atoms. The lowest BCUT2D eigenvalue weighted by atomic mass is 10.0. The fourth-order valence-corrected chi connectivity index (χ4v) is 3.95. The largest absolute Gasteiger partial charge is 0.454 e. The smallest absolute Gasteiger partial charge is 0.231 e. The highest BCUT2D eigenvalue weighted by molar-refractivity contribution is 7.13. The monoisotopic (exact) mass is 316 g/mol. The van der Waals surface area contributed by atoms with Crippen molar-refractivity contribution in [3.8, 4) is 22.1 Å². The summed E-state index contributed by atoms with van der Waals surface area (Å²) >= 11 is 1.70. The van der Waals surface area contributed by atoms with Gasteiger partial charge in [0.25, 0.3) is 0 Å². The summed E-state index contributed by atoms with van der Waals surface area (Å²) in [6, 6.07) is 6.71. The highest BCUT2D eigenvalue weighted by Gasteiger charge is 2.20. The second-order valence-electron chi connectivity index (χ2n) is 6.03. The molecular formula is C17H20N2O2S. The van der Waals surface area contributed by atoms with Gasteiger partial charge in [-0.1, -0.05) is 6.42 Å². The topological polar surface area (TPSA) is 34.6 Å². The fourth-order valence-electron chi connectivity index (χ4n) is 3.14. The first-order valence-electron chi connectivity index (χ1n) is 7.88. The van der Waals surface area contributed by atoms with E-state index in [1.807, 2.05) is 12.1 Å². The average molecular weight is 316 g/mol. The first kappa shape index (κ1) is 14.0. The minimum Gasteiger partial charge on any atom is -0.454 e. The molecule has 1 unspecified atom stereocenters. The van der Waals surface area contributed by atoms with Crippen LogP contribution in [-0.2, 0) is 6.54 Å². The molecule has 2 aliphatic heterocycles. The highest BCUT2D eigenvalue weighted by atomic mass is 32.1. The van der Waals surface area contributed by atoms with Crippen LogP contribution in [-0.4, -0.2) is 29.3 Å². The van der Waals surface area contributed by atoms with Gasteiger partial charge in [-0.2, -0.15) is 0 Å². The molecule has 0 N–H and O–H groups in total. The summed E-state index contributed by atoms with van der Waals surface area (Å²) in [6.45, 7) is 4.79. The van der Waals surface area contributed by atoms with Crippen molar-refractivity contribution < 1.29 is 9.47 Å². The van der Waals surface area contributed by atoms with Gasteiger partial charge in [0.1, 0.15) is 5.01 Å². The SMILES string of the molecule is CC1CCCCN1Cc1csc(-c2ccc3c(c2)OCO3)n1.